The van der Waals surface area contributed by atoms with E-state index < -0.39 is 29.3 Å². The van der Waals surface area contributed by atoms with Gasteiger partial charge in [0, 0.05) is 87.1 Å². The zero-order valence-electron chi connectivity index (χ0n) is 38.7. The highest BCUT2D eigenvalue weighted by atomic mass is 32.2. The van der Waals surface area contributed by atoms with E-state index in [1.165, 1.54) is 4.90 Å². The lowest BCUT2D eigenvalue weighted by Crippen LogP contribution is -2.59. The number of aliphatic imine (C=N–C) groups is 1. The summed E-state index contributed by atoms with van der Waals surface area (Å²) in [5, 5.41) is 6.50. The number of amides is 4. The smallest absolute Gasteiger partial charge is 0.293 e. The number of likely N-dealkylation sites (tertiary alicyclic amines) is 1. The highest BCUT2D eigenvalue weighted by molar-refractivity contribution is 8.14. The van der Waals surface area contributed by atoms with E-state index in [0.717, 1.165) is 56.9 Å². The molecule has 1 aromatic carbocycles. The van der Waals surface area contributed by atoms with E-state index in [1.54, 1.807) is 42.0 Å². The molecule has 1 unspecified atom stereocenters. The highest BCUT2D eigenvalue weighted by Crippen LogP contribution is 2.42. The number of hydrogen-bond donors (Lipinski definition) is 3. The number of nitrogens with two attached hydrogens (primary N) is 1. The number of fused-ring (bicyclic) bond motifs is 1. The minimum atomic E-state index is -0.925. The molecule has 3 aliphatic heterocycles. The van der Waals surface area contributed by atoms with Gasteiger partial charge in [-0.05, 0) is 80.8 Å². The first-order valence-corrected chi connectivity index (χ1v) is 23.6. The largest absolute Gasteiger partial charge is 0.467 e. The van der Waals surface area contributed by atoms with Gasteiger partial charge >= 0.3 is 0 Å². The van der Waals surface area contributed by atoms with Crippen LogP contribution in [-0.2, 0) is 46.4 Å². The fourth-order valence-electron chi connectivity index (χ4n) is 9.38. The predicted molar refractivity (Wildman–Crippen MR) is 249 cm³/mol. The van der Waals surface area contributed by atoms with Crippen molar-refractivity contribution in [1.29, 1.82) is 0 Å². The van der Waals surface area contributed by atoms with Crippen molar-refractivity contribution in [1.82, 2.24) is 35.1 Å². The lowest BCUT2D eigenvalue weighted by molar-refractivity contribution is -0.145. The summed E-state index contributed by atoms with van der Waals surface area (Å²) in [7, 11) is 3.31. The average molecular weight is 902 g/mol. The molecule has 0 saturated carbocycles. The third-order valence-electron chi connectivity index (χ3n) is 12.7. The van der Waals surface area contributed by atoms with Crippen molar-refractivity contribution in [2.45, 2.75) is 104 Å². The molecule has 64 heavy (non-hydrogen) atoms. The normalized spacial score (nSPS) is 19.4. The van der Waals surface area contributed by atoms with Crippen LogP contribution in [0.25, 0.3) is 22.2 Å². The number of hydrogen-bond acceptors (Lipinski definition) is 12. The molecule has 0 aliphatic carbocycles. The summed E-state index contributed by atoms with van der Waals surface area (Å²) in [5.41, 5.74) is 14.5. The van der Waals surface area contributed by atoms with Crippen LogP contribution in [0.1, 0.15) is 96.2 Å². The molecule has 2 aromatic heterocycles. The molecule has 4 N–H and O–H groups in total. The number of likely N-dealkylation sites (N-methyl/N-ethyl adjacent to an activating group) is 1. The second-order valence-corrected chi connectivity index (χ2v) is 19.4. The monoisotopic (exact) mass is 901 g/mol. The number of rotatable bonds is 19. The molecule has 16 nitrogen and oxygen atoms in total. The van der Waals surface area contributed by atoms with Gasteiger partial charge in [0.05, 0.1) is 47.6 Å². The van der Waals surface area contributed by atoms with Crippen molar-refractivity contribution < 1.29 is 33.4 Å². The van der Waals surface area contributed by atoms with Crippen LogP contribution in [0.4, 0.5) is 0 Å². The molecule has 3 aliphatic rings. The maximum absolute atomic E-state index is 14.3. The Labute approximate surface area is 381 Å². The van der Waals surface area contributed by atoms with Gasteiger partial charge < -0.3 is 34.9 Å². The van der Waals surface area contributed by atoms with Crippen LogP contribution in [-0.4, -0.2) is 131 Å². The van der Waals surface area contributed by atoms with Gasteiger partial charge in [-0.1, -0.05) is 33.8 Å². The minimum absolute atomic E-state index is 0.120. The van der Waals surface area contributed by atoms with E-state index in [4.69, 9.17) is 25.2 Å². The average Bonchev–Trinajstić information content (AvgIpc) is 4.05. The van der Waals surface area contributed by atoms with Crippen molar-refractivity contribution in [2.24, 2.45) is 28.0 Å². The van der Waals surface area contributed by atoms with E-state index >= 15 is 0 Å². The van der Waals surface area contributed by atoms with Gasteiger partial charge in [0.25, 0.3) is 12.4 Å². The number of hydrazine groups is 1. The standard InChI is InChI=1S/C47H67N9O7S/c1-9-55-38-15-14-31(21-34(38)35(23-47(5,6)27-63-28-57)43(55)33-13-12-17-49-41(33)30(4)62-8)37-26-64-39(51-37)22-36(46(61)56-19-11-10-18-50-56)52-44(59)42(29(2)3)53(7)45(60)32-16-20-54(25-32)40(58)24-48/h12-15,17,21,28-30,32,36-37,42,50H,9-11,16,18-20,22-27,48H2,1-8H3,(H,52,59)/t30-,32-,36-,37?,42-/m0/s1. The predicted octanol–water partition coefficient (Wildman–Crippen LogP) is 4.65. The topological polar surface area (TPSA) is 194 Å². The molecule has 0 bridgehead atoms. The molecule has 6 rings (SSSR count). The van der Waals surface area contributed by atoms with Crippen molar-refractivity contribution in [2.75, 3.05) is 59.2 Å². The number of aryl methyl sites for hydroxylation is 1. The quantitative estimate of drug-likeness (QED) is 0.142. The Balaban J connectivity index is 1.31. The maximum atomic E-state index is 14.3. The number of benzene rings is 1. The Morgan fingerprint density at radius 3 is 2.59 bits per heavy atom. The Bertz CT molecular complexity index is 2200. The molecule has 5 heterocycles. The first kappa shape index (κ1) is 48.6. The SMILES string of the molecule is CCn1c(-c2cccnc2[C@H](C)OC)c(CC(C)(C)COC=O)c2cc(C3CSC(C[C@H](NC(=O)[C@H](C(C)C)N(C)C(=O)[C@H]4CCN(C(=O)CN)C4)C(=O)N4CCCCN4)=N3)ccc21. The van der Waals surface area contributed by atoms with E-state index in [9.17, 15) is 24.0 Å². The van der Waals surface area contributed by atoms with E-state index in [-0.39, 0.29) is 61.9 Å². The number of methoxy groups -OCH3 is 1. The summed E-state index contributed by atoms with van der Waals surface area (Å²) >= 11 is 1.58. The number of pyridine rings is 1. The minimum Gasteiger partial charge on any atom is -0.467 e. The Morgan fingerprint density at radius 1 is 1.14 bits per heavy atom. The van der Waals surface area contributed by atoms with Crippen molar-refractivity contribution in [3.8, 4) is 11.3 Å². The maximum Gasteiger partial charge on any atom is 0.293 e. The first-order chi connectivity index (χ1) is 30.6. The van der Waals surface area contributed by atoms with Crippen molar-refractivity contribution in [3.63, 3.8) is 0 Å². The third kappa shape index (κ3) is 10.8. The zero-order valence-corrected chi connectivity index (χ0v) is 39.5. The second-order valence-electron chi connectivity index (χ2n) is 18.3. The molecule has 5 atom stereocenters. The molecule has 3 aromatic rings. The van der Waals surface area contributed by atoms with E-state index in [2.05, 4.69) is 60.3 Å². The fraction of sp³-hybridized carbons (Fsp3) is 0.596. The molecule has 348 valence electrons. The van der Waals surface area contributed by atoms with Gasteiger partial charge in [0.1, 0.15) is 12.1 Å². The zero-order chi connectivity index (χ0) is 46.3. The number of aromatic nitrogens is 2. The van der Waals surface area contributed by atoms with Gasteiger partial charge in [-0.2, -0.15) is 0 Å². The lowest BCUT2D eigenvalue weighted by Gasteiger charge is -2.35. The Hall–Kier alpha value is -4.84. The molecule has 0 spiro atoms. The summed E-state index contributed by atoms with van der Waals surface area (Å²) in [5.74, 6) is -1.13. The summed E-state index contributed by atoms with van der Waals surface area (Å²) < 4.78 is 13.4. The molecule has 2 saturated heterocycles. The van der Waals surface area contributed by atoms with Gasteiger partial charge in [-0.3, -0.25) is 39.0 Å². The van der Waals surface area contributed by atoms with Crippen molar-refractivity contribution in [3.05, 3.63) is 53.3 Å². The van der Waals surface area contributed by atoms with Crippen LogP contribution in [0.2, 0.25) is 0 Å². The van der Waals surface area contributed by atoms with E-state index in [0.29, 0.717) is 51.2 Å². The van der Waals surface area contributed by atoms with Gasteiger partial charge in [-0.15, -0.1) is 11.8 Å². The molecule has 17 heteroatoms. The number of thioether (sulfide) groups is 1. The van der Waals surface area contributed by atoms with Crippen LogP contribution in [0, 0.1) is 17.3 Å². The van der Waals surface area contributed by atoms with Crippen LogP contribution in [0.3, 0.4) is 0 Å². The number of ether oxygens (including phenoxy) is 2. The molecular formula is C47H67N9O7S. The van der Waals surface area contributed by atoms with Crippen molar-refractivity contribution >= 4 is 57.8 Å². The van der Waals surface area contributed by atoms with Gasteiger partial charge in [0.2, 0.25) is 17.7 Å². The van der Waals surface area contributed by atoms with E-state index in [1.807, 2.05) is 26.8 Å². The summed E-state index contributed by atoms with van der Waals surface area (Å²) in [6.45, 7) is 15.3. The van der Waals surface area contributed by atoms with Crippen LogP contribution >= 0.6 is 11.8 Å². The molecular weight excluding hydrogens is 835 g/mol. The fourth-order valence-corrected chi connectivity index (χ4v) is 10.5. The number of carbonyl (C=O) groups excluding carboxylic acids is 5. The number of nitrogens with zero attached hydrogens (tertiary/aromatic N) is 6. The lowest BCUT2D eigenvalue weighted by atomic mass is 9.84. The number of carbonyl (C=O) groups is 5. The van der Waals surface area contributed by atoms with Gasteiger partial charge in [0.15, 0.2) is 0 Å². The summed E-state index contributed by atoms with van der Waals surface area (Å²) in [6, 6.07) is 8.56. The van der Waals surface area contributed by atoms with Crippen LogP contribution in [0.5, 0.6) is 0 Å². The number of nitrogens with one attached hydrogen (secondary N) is 2. The third-order valence-corrected chi connectivity index (χ3v) is 13.8. The van der Waals surface area contributed by atoms with Gasteiger partial charge in [-0.25, -0.2) is 5.43 Å². The first-order valence-electron chi connectivity index (χ1n) is 22.6. The molecule has 0 radical (unpaired) electrons. The summed E-state index contributed by atoms with van der Waals surface area (Å²) in [6.07, 6.45) is 4.63. The molecule has 4 amide bonds. The Kier molecular flexibility index (Phi) is 16.3. The molecule has 2 fully saturated rings. The highest BCUT2D eigenvalue weighted by Gasteiger charge is 2.40. The summed E-state index contributed by atoms with van der Waals surface area (Å²) in [4.78, 5) is 79.0. The van der Waals surface area contributed by atoms with Crippen LogP contribution < -0.4 is 16.5 Å². The Morgan fingerprint density at radius 2 is 1.92 bits per heavy atom. The van der Waals surface area contributed by atoms with Crippen LogP contribution in [0.15, 0.2) is 41.5 Å². The second kappa shape index (κ2) is 21.4.